The van der Waals surface area contributed by atoms with Crippen LogP contribution < -0.4 is 14.9 Å². The van der Waals surface area contributed by atoms with E-state index < -0.39 is 16.9 Å². The molecule has 11 heteroatoms. The largest absolute Gasteiger partial charge is 0.463 e. The molecular formula is C26H25N3O6S2. The molecule has 3 aromatic rings. The number of thiazole rings is 1. The lowest BCUT2D eigenvalue weighted by atomic mass is 9.95. The summed E-state index contributed by atoms with van der Waals surface area (Å²) in [6, 6.07) is 11.6. The second kappa shape index (κ2) is 11.2. The zero-order valence-electron chi connectivity index (χ0n) is 20.5. The molecule has 0 radical (unpaired) electrons. The Morgan fingerprint density at radius 2 is 2.00 bits per heavy atom. The van der Waals surface area contributed by atoms with Gasteiger partial charge in [-0.3, -0.25) is 19.5 Å². The molecule has 1 atom stereocenters. The van der Waals surface area contributed by atoms with Gasteiger partial charge in [0, 0.05) is 11.8 Å². The lowest BCUT2D eigenvalue weighted by molar-refractivity contribution is -0.387. The Labute approximate surface area is 220 Å². The molecule has 0 saturated carbocycles. The molecule has 0 amide bonds. The highest BCUT2D eigenvalue weighted by Crippen LogP contribution is 2.32. The molecular weight excluding hydrogens is 514 g/mol. The van der Waals surface area contributed by atoms with Crippen molar-refractivity contribution in [1.29, 1.82) is 0 Å². The van der Waals surface area contributed by atoms with Crippen molar-refractivity contribution in [3.05, 3.63) is 100 Å². The summed E-state index contributed by atoms with van der Waals surface area (Å²) >= 11 is 2.34. The van der Waals surface area contributed by atoms with Gasteiger partial charge in [-0.2, -0.15) is 0 Å². The van der Waals surface area contributed by atoms with E-state index in [0.29, 0.717) is 36.8 Å². The predicted octanol–water partition coefficient (Wildman–Crippen LogP) is 3.10. The third-order valence-electron chi connectivity index (χ3n) is 5.74. The number of aliphatic hydroxyl groups excluding tert-OH is 1. The number of nitro groups is 1. The number of benzene rings is 2. The van der Waals surface area contributed by atoms with Crippen LogP contribution in [-0.2, 0) is 9.53 Å². The molecule has 1 unspecified atom stereocenters. The van der Waals surface area contributed by atoms with Crippen molar-refractivity contribution in [2.24, 2.45) is 4.99 Å². The Morgan fingerprint density at radius 1 is 1.27 bits per heavy atom. The highest BCUT2D eigenvalue weighted by Gasteiger charge is 2.33. The third-order valence-corrected chi connectivity index (χ3v) is 7.76. The van der Waals surface area contributed by atoms with Crippen LogP contribution in [0.4, 0.5) is 5.69 Å². The van der Waals surface area contributed by atoms with Crippen LogP contribution in [0.3, 0.4) is 0 Å². The van der Waals surface area contributed by atoms with Gasteiger partial charge in [-0.25, -0.2) is 9.79 Å². The second-order valence-corrected chi connectivity index (χ2v) is 10.4. The number of allylic oxidation sites excluding steroid dienone is 1. The molecule has 1 aliphatic rings. The fourth-order valence-corrected chi connectivity index (χ4v) is 5.85. The molecule has 9 nitrogen and oxygen atoms in total. The van der Waals surface area contributed by atoms with Gasteiger partial charge in [0.25, 0.3) is 11.2 Å². The van der Waals surface area contributed by atoms with E-state index in [1.165, 1.54) is 22.4 Å². The van der Waals surface area contributed by atoms with Crippen LogP contribution in [0.1, 0.15) is 36.6 Å². The summed E-state index contributed by atoms with van der Waals surface area (Å²) in [6.45, 7) is 5.48. The van der Waals surface area contributed by atoms with E-state index in [1.807, 2.05) is 31.2 Å². The highest BCUT2D eigenvalue weighted by atomic mass is 32.2. The molecule has 4 rings (SSSR count). The molecule has 0 fully saturated rings. The number of fused-ring (bicyclic) bond motifs is 1. The summed E-state index contributed by atoms with van der Waals surface area (Å²) in [4.78, 5) is 43.2. The van der Waals surface area contributed by atoms with Gasteiger partial charge >= 0.3 is 5.97 Å². The quantitative estimate of drug-likeness (QED) is 0.202. The van der Waals surface area contributed by atoms with Gasteiger partial charge in [-0.1, -0.05) is 47.2 Å². The van der Waals surface area contributed by atoms with E-state index in [1.54, 1.807) is 32.1 Å². The Balaban J connectivity index is 1.88. The summed E-state index contributed by atoms with van der Waals surface area (Å²) < 4.78 is 7.12. The van der Waals surface area contributed by atoms with Crippen molar-refractivity contribution in [1.82, 2.24) is 4.57 Å². The number of aromatic nitrogens is 1. The zero-order valence-corrected chi connectivity index (χ0v) is 22.1. The average Bonchev–Trinajstić information content (AvgIpc) is 3.17. The van der Waals surface area contributed by atoms with Gasteiger partial charge in [-0.05, 0) is 44.0 Å². The summed E-state index contributed by atoms with van der Waals surface area (Å²) in [5, 5.41) is 20.7. The fraction of sp³-hybridized carbons (Fsp3) is 0.269. The first-order valence-corrected chi connectivity index (χ1v) is 13.3. The number of ether oxygens (including phenoxy) is 1. The lowest BCUT2D eigenvalue weighted by Gasteiger charge is -2.24. The molecule has 1 N–H and O–H groups in total. The Kier molecular flexibility index (Phi) is 8.06. The molecule has 0 aliphatic carbocycles. The van der Waals surface area contributed by atoms with E-state index >= 15 is 0 Å². The number of thioether (sulfide) groups is 1. The SMILES string of the molecule is CCOC(=O)C1=C(C)N=c2s/c(=C/c3ccc(SCCO)c([N+](=O)[O-])c3)c(=O)n2C1c1ccc(C)cc1. The number of hydrogen-bond acceptors (Lipinski definition) is 9. The first-order valence-electron chi connectivity index (χ1n) is 11.5. The standard InChI is InChI=1S/C26H25N3O6S2/c1-4-35-25(32)22-16(3)27-26-28(23(22)18-8-5-15(2)6-9-18)24(31)21(37-26)14-17-7-10-20(36-12-11-30)19(13-17)29(33)34/h5-10,13-14,23,30H,4,11-12H2,1-3H3/b21-14+. The van der Waals surface area contributed by atoms with Gasteiger partial charge in [-0.15, -0.1) is 11.8 Å². The Morgan fingerprint density at radius 3 is 2.65 bits per heavy atom. The normalized spacial score (nSPS) is 15.4. The number of aliphatic hydroxyl groups is 1. The van der Waals surface area contributed by atoms with Gasteiger partial charge in [0.1, 0.15) is 0 Å². The van der Waals surface area contributed by atoms with E-state index in [0.717, 1.165) is 22.5 Å². The Bertz CT molecular complexity index is 1570. The van der Waals surface area contributed by atoms with Crippen LogP contribution in [0, 0.1) is 17.0 Å². The monoisotopic (exact) mass is 539 g/mol. The van der Waals surface area contributed by atoms with Crippen LogP contribution in [0.15, 0.2) is 68.4 Å². The van der Waals surface area contributed by atoms with E-state index in [9.17, 15) is 19.7 Å². The topological polar surface area (TPSA) is 124 Å². The van der Waals surface area contributed by atoms with Crippen LogP contribution >= 0.6 is 23.1 Å². The Hall–Kier alpha value is -3.54. The number of aryl methyl sites for hydroxylation is 1. The lowest BCUT2D eigenvalue weighted by Crippen LogP contribution is -2.39. The molecule has 192 valence electrons. The minimum atomic E-state index is -0.718. The first kappa shape index (κ1) is 26.5. The van der Waals surface area contributed by atoms with Crippen LogP contribution in [0.2, 0.25) is 0 Å². The van der Waals surface area contributed by atoms with Crippen molar-refractivity contribution >= 4 is 40.8 Å². The molecule has 2 aromatic carbocycles. The smallest absolute Gasteiger partial charge is 0.338 e. The number of nitro benzene ring substituents is 1. The van der Waals surface area contributed by atoms with E-state index in [4.69, 9.17) is 9.84 Å². The summed E-state index contributed by atoms with van der Waals surface area (Å²) in [5.74, 6) is -0.199. The zero-order chi connectivity index (χ0) is 26.7. The van der Waals surface area contributed by atoms with Gasteiger partial charge in [0.05, 0.1) is 44.9 Å². The maximum Gasteiger partial charge on any atom is 0.338 e. The number of rotatable bonds is 8. The number of carbonyl (C=O) groups excluding carboxylic acids is 1. The van der Waals surface area contributed by atoms with Crippen LogP contribution in [-0.4, -0.2) is 39.5 Å². The predicted molar refractivity (Wildman–Crippen MR) is 142 cm³/mol. The summed E-state index contributed by atoms with van der Waals surface area (Å²) in [5.41, 5.74) is 2.58. The summed E-state index contributed by atoms with van der Waals surface area (Å²) in [6.07, 6.45) is 1.59. The number of nitrogens with zero attached hydrogens (tertiary/aromatic N) is 3. The molecule has 1 aliphatic heterocycles. The first-order chi connectivity index (χ1) is 17.7. The van der Waals surface area contributed by atoms with Crippen LogP contribution in [0.5, 0.6) is 0 Å². The van der Waals surface area contributed by atoms with Crippen molar-refractivity contribution < 1.29 is 19.6 Å². The number of hydrogen-bond donors (Lipinski definition) is 1. The molecule has 2 heterocycles. The maximum absolute atomic E-state index is 13.7. The average molecular weight is 540 g/mol. The van der Waals surface area contributed by atoms with Crippen molar-refractivity contribution in [3.8, 4) is 0 Å². The highest BCUT2D eigenvalue weighted by molar-refractivity contribution is 7.99. The molecule has 0 bridgehead atoms. The van der Waals surface area contributed by atoms with E-state index in [-0.39, 0.29) is 24.5 Å². The van der Waals surface area contributed by atoms with Crippen molar-refractivity contribution in [3.63, 3.8) is 0 Å². The van der Waals surface area contributed by atoms with Crippen LogP contribution in [0.25, 0.3) is 6.08 Å². The molecule has 37 heavy (non-hydrogen) atoms. The van der Waals surface area contributed by atoms with Crippen molar-refractivity contribution in [2.45, 2.75) is 31.7 Å². The maximum atomic E-state index is 13.7. The third kappa shape index (κ3) is 5.43. The fourth-order valence-electron chi connectivity index (χ4n) is 4.05. The second-order valence-electron chi connectivity index (χ2n) is 8.27. The minimum absolute atomic E-state index is 0.0971. The van der Waals surface area contributed by atoms with Gasteiger partial charge in [0.2, 0.25) is 0 Å². The number of carbonyl (C=O) groups is 1. The molecule has 1 aromatic heterocycles. The summed E-state index contributed by atoms with van der Waals surface area (Å²) in [7, 11) is 0. The van der Waals surface area contributed by atoms with Crippen molar-refractivity contribution in [2.75, 3.05) is 19.0 Å². The van der Waals surface area contributed by atoms with Gasteiger partial charge < -0.3 is 9.84 Å². The minimum Gasteiger partial charge on any atom is -0.463 e. The van der Waals surface area contributed by atoms with Gasteiger partial charge in [0.15, 0.2) is 4.80 Å². The number of esters is 1. The molecule has 0 spiro atoms. The van der Waals surface area contributed by atoms with E-state index in [2.05, 4.69) is 4.99 Å². The molecule has 0 saturated heterocycles.